The highest BCUT2D eigenvalue weighted by molar-refractivity contribution is 6.41. The Morgan fingerprint density at radius 3 is 2.80 bits per heavy atom. The van der Waals surface area contributed by atoms with Crippen LogP contribution in [0.3, 0.4) is 0 Å². The summed E-state index contributed by atoms with van der Waals surface area (Å²) in [5, 5.41) is 5.55. The second kappa shape index (κ2) is 4.93. The number of pyridine rings is 1. The number of nitrogens with one attached hydrogen (secondary N) is 1. The van der Waals surface area contributed by atoms with Crippen LogP contribution in [0.15, 0.2) is 30.3 Å². The van der Waals surface area contributed by atoms with Crippen LogP contribution in [0.25, 0.3) is 21.8 Å². The van der Waals surface area contributed by atoms with Crippen molar-refractivity contribution in [2.45, 2.75) is 6.92 Å². The number of nitrogens with zero attached hydrogens (tertiary/aromatic N) is 1. The van der Waals surface area contributed by atoms with Crippen LogP contribution in [-0.4, -0.2) is 11.4 Å². The molecule has 1 aromatic heterocycles. The Kier molecular flexibility index (Phi) is 3.24. The van der Waals surface area contributed by atoms with E-state index >= 15 is 0 Å². The Morgan fingerprint density at radius 1 is 1.25 bits per heavy atom. The van der Waals surface area contributed by atoms with Crippen molar-refractivity contribution in [3.63, 3.8) is 0 Å². The number of carbonyl (C=O) groups excluding carboxylic acids is 1. The van der Waals surface area contributed by atoms with Crippen LogP contribution in [0.4, 0.5) is 5.69 Å². The number of para-hydroxylation sites is 1. The molecule has 0 aliphatic rings. The van der Waals surface area contributed by atoms with Crippen molar-refractivity contribution in [1.82, 2.24) is 4.98 Å². The summed E-state index contributed by atoms with van der Waals surface area (Å²) < 4.78 is 0. The molecule has 100 valence electrons. The van der Waals surface area contributed by atoms with Crippen molar-refractivity contribution in [3.8, 4) is 0 Å². The molecule has 0 spiro atoms. The molecule has 20 heavy (non-hydrogen) atoms. The van der Waals surface area contributed by atoms with Gasteiger partial charge in [-0.3, -0.25) is 4.79 Å². The third kappa shape index (κ3) is 1.99. The highest BCUT2D eigenvalue weighted by atomic mass is 35.5. The van der Waals surface area contributed by atoms with Crippen LogP contribution in [0.2, 0.25) is 10.0 Å². The van der Waals surface area contributed by atoms with Gasteiger partial charge in [-0.25, -0.2) is 4.98 Å². The fraction of sp³-hybridized carbons (Fsp3) is 0.0667. The van der Waals surface area contributed by atoms with Gasteiger partial charge in [-0.05, 0) is 30.7 Å². The molecule has 0 aliphatic heterocycles. The summed E-state index contributed by atoms with van der Waals surface area (Å²) in [4.78, 5) is 15.3. The van der Waals surface area contributed by atoms with Crippen molar-refractivity contribution >= 4 is 57.1 Å². The summed E-state index contributed by atoms with van der Waals surface area (Å²) in [7, 11) is 0. The van der Waals surface area contributed by atoms with E-state index in [0.29, 0.717) is 33.2 Å². The predicted octanol–water partition coefficient (Wildman–Crippen LogP) is 4.57. The second-order valence-electron chi connectivity index (χ2n) is 4.51. The average molecular weight is 305 g/mol. The Morgan fingerprint density at radius 2 is 2.05 bits per heavy atom. The molecule has 0 saturated carbocycles. The van der Waals surface area contributed by atoms with Crippen LogP contribution < -0.4 is 5.32 Å². The highest BCUT2D eigenvalue weighted by Gasteiger charge is 2.12. The summed E-state index contributed by atoms with van der Waals surface area (Å²) in [6, 6.07) is 9.12. The minimum Gasteiger partial charge on any atom is -0.327 e. The number of benzene rings is 2. The molecule has 2 aromatic carbocycles. The molecular weight excluding hydrogens is 295 g/mol. The van der Waals surface area contributed by atoms with Crippen LogP contribution in [0.5, 0.6) is 0 Å². The van der Waals surface area contributed by atoms with Crippen molar-refractivity contribution in [1.29, 1.82) is 0 Å². The standard InChI is InChI=1S/C15H10Cl2N2O/c1-8-5-9(16)6-12-13(8)14(17)10-3-2-4-11(18-7-20)15(10)19-12/h2-7H,1H3,(H,18,20). The molecule has 0 bridgehead atoms. The van der Waals surface area contributed by atoms with Crippen molar-refractivity contribution in [2.75, 3.05) is 5.32 Å². The number of hydrogen-bond donors (Lipinski definition) is 1. The van der Waals surface area contributed by atoms with Crippen LogP contribution in [-0.2, 0) is 4.79 Å². The first-order valence-electron chi connectivity index (χ1n) is 6.00. The quantitative estimate of drug-likeness (QED) is 0.556. The fourth-order valence-corrected chi connectivity index (χ4v) is 3.04. The van der Waals surface area contributed by atoms with Crippen molar-refractivity contribution in [2.24, 2.45) is 0 Å². The van der Waals surface area contributed by atoms with Crippen molar-refractivity contribution in [3.05, 3.63) is 45.9 Å². The summed E-state index contributed by atoms with van der Waals surface area (Å²) in [5.74, 6) is 0. The Hall–Kier alpha value is -1.84. The monoisotopic (exact) mass is 304 g/mol. The van der Waals surface area contributed by atoms with Gasteiger partial charge in [0.15, 0.2) is 0 Å². The van der Waals surface area contributed by atoms with Gasteiger partial charge in [0.25, 0.3) is 0 Å². The number of rotatable bonds is 2. The number of carbonyl (C=O) groups is 1. The second-order valence-corrected chi connectivity index (χ2v) is 5.32. The smallest absolute Gasteiger partial charge is 0.211 e. The van der Waals surface area contributed by atoms with E-state index in [0.717, 1.165) is 16.3 Å². The SMILES string of the molecule is Cc1cc(Cl)cc2nc3c(NC=O)cccc3c(Cl)c12. The zero-order chi connectivity index (χ0) is 14.3. The van der Waals surface area contributed by atoms with Crippen LogP contribution >= 0.6 is 23.2 Å². The summed E-state index contributed by atoms with van der Waals surface area (Å²) >= 11 is 12.6. The van der Waals surface area contributed by atoms with Gasteiger partial charge in [0.2, 0.25) is 6.41 Å². The molecule has 0 unspecified atom stereocenters. The number of aromatic nitrogens is 1. The molecule has 3 rings (SSSR count). The molecule has 0 aliphatic carbocycles. The summed E-state index contributed by atoms with van der Waals surface area (Å²) in [5.41, 5.74) is 2.96. The average Bonchev–Trinajstić information content (AvgIpc) is 2.39. The number of hydrogen-bond acceptors (Lipinski definition) is 2. The predicted molar refractivity (Wildman–Crippen MR) is 83.7 cm³/mol. The van der Waals surface area contributed by atoms with E-state index in [-0.39, 0.29) is 0 Å². The number of amides is 1. The molecule has 0 atom stereocenters. The first-order chi connectivity index (χ1) is 9.61. The van der Waals surface area contributed by atoms with Gasteiger partial charge in [-0.1, -0.05) is 35.3 Å². The summed E-state index contributed by atoms with van der Waals surface area (Å²) in [6.45, 7) is 1.95. The number of fused-ring (bicyclic) bond motifs is 2. The topological polar surface area (TPSA) is 42.0 Å². The minimum atomic E-state index is 0.610. The molecule has 0 fully saturated rings. The van der Waals surface area contributed by atoms with E-state index in [2.05, 4.69) is 10.3 Å². The molecule has 0 saturated heterocycles. The lowest BCUT2D eigenvalue weighted by Gasteiger charge is -2.11. The lowest BCUT2D eigenvalue weighted by Crippen LogP contribution is -1.97. The van der Waals surface area contributed by atoms with Gasteiger partial charge in [-0.2, -0.15) is 0 Å². The minimum absolute atomic E-state index is 0.610. The first kappa shape index (κ1) is 13.2. The van der Waals surface area contributed by atoms with Gasteiger partial charge in [0.05, 0.1) is 21.7 Å². The Bertz CT molecular complexity index is 846. The van der Waals surface area contributed by atoms with Gasteiger partial charge in [0.1, 0.15) is 0 Å². The van der Waals surface area contributed by atoms with Gasteiger partial charge >= 0.3 is 0 Å². The van der Waals surface area contributed by atoms with E-state index in [9.17, 15) is 4.79 Å². The molecule has 5 heteroatoms. The number of aryl methyl sites for hydroxylation is 1. The number of anilines is 1. The third-order valence-corrected chi connectivity index (χ3v) is 3.83. The zero-order valence-electron chi connectivity index (χ0n) is 10.6. The maximum Gasteiger partial charge on any atom is 0.211 e. The van der Waals surface area contributed by atoms with E-state index in [1.165, 1.54) is 0 Å². The lowest BCUT2D eigenvalue weighted by molar-refractivity contribution is -0.105. The number of halogens is 2. The summed E-state index contributed by atoms with van der Waals surface area (Å²) in [6.07, 6.45) is 0.623. The molecule has 3 nitrogen and oxygen atoms in total. The van der Waals surface area contributed by atoms with Gasteiger partial charge in [-0.15, -0.1) is 0 Å². The Balaban J connectivity index is 2.50. The van der Waals surface area contributed by atoms with E-state index in [1.807, 2.05) is 25.1 Å². The Labute approximate surface area is 125 Å². The molecular formula is C15H10Cl2N2O. The fourth-order valence-electron chi connectivity index (χ4n) is 2.38. The lowest BCUT2D eigenvalue weighted by atomic mass is 10.1. The molecule has 3 aromatic rings. The molecule has 0 radical (unpaired) electrons. The van der Waals surface area contributed by atoms with E-state index in [4.69, 9.17) is 23.2 Å². The molecule has 1 amide bonds. The molecule has 1 N–H and O–H groups in total. The van der Waals surface area contributed by atoms with E-state index < -0.39 is 0 Å². The largest absolute Gasteiger partial charge is 0.327 e. The van der Waals surface area contributed by atoms with Crippen LogP contribution in [0.1, 0.15) is 5.56 Å². The molecule has 1 heterocycles. The first-order valence-corrected chi connectivity index (χ1v) is 6.75. The maximum absolute atomic E-state index is 10.7. The van der Waals surface area contributed by atoms with Gasteiger partial charge in [0, 0.05) is 15.8 Å². The van der Waals surface area contributed by atoms with E-state index in [1.54, 1.807) is 12.1 Å². The highest BCUT2D eigenvalue weighted by Crippen LogP contribution is 2.36. The van der Waals surface area contributed by atoms with Gasteiger partial charge < -0.3 is 5.32 Å². The maximum atomic E-state index is 10.7. The zero-order valence-corrected chi connectivity index (χ0v) is 12.1. The third-order valence-electron chi connectivity index (χ3n) is 3.22. The van der Waals surface area contributed by atoms with Crippen LogP contribution in [0, 0.1) is 6.92 Å². The van der Waals surface area contributed by atoms with Crippen molar-refractivity contribution < 1.29 is 4.79 Å². The normalized spacial score (nSPS) is 10.9.